The van der Waals surface area contributed by atoms with E-state index >= 15 is 0 Å². The number of aromatic nitrogens is 1. The lowest BCUT2D eigenvalue weighted by atomic mass is 10.0. The topological polar surface area (TPSA) is 97.1 Å². The van der Waals surface area contributed by atoms with Gasteiger partial charge in [-0.2, -0.15) is 0 Å². The lowest BCUT2D eigenvalue weighted by molar-refractivity contribution is -0.122. The Morgan fingerprint density at radius 2 is 2.05 bits per heavy atom. The molecule has 1 heterocycles. The molecule has 0 fully saturated rings. The lowest BCUT2D eigenvalue weighted by Gasteiger charge is -2.22. The molecule has 0 aliphatic heterocycles. The summed E-state index contributed by atoms with van der Waals surface area (Å²) in [4.78, 5) is 27.2. The lowest BCUT2D eigenvalue weighted by Crippen LogP contribution is -2.53. The summed E-state index contributed by atoms with van der Waals surface area (Å²) >= 11 is 5.84. The van der Waals surface area contributed by atoms with E-state index in [1.165, 1.54) is 19.9 Å². The van der Waals surface area contributed by atoms with Crippen LogP contribution in [0.1, 0.15) is 31.1 Å². The van der Waals surface area contributed by atoms with Crippen molar-refractivity contribution in [3.63, 3.8) is 0 Å². The zero-order valence-corrected chi connectivity index (χ0v) is 11.8. The molecule has 0 aromatic carbocycles. The molecule has 0 atom stereocenters. The van der Waals surface area contributed by atoms with Gasteiger partial charge in [0.25, 0.3) is 5.91 Å². The van der Waals surface area contributed by atoms with Gasteiger partial charge in [0.1, 0.15) is 16.5 Å². The first-order valence-corrected chi connectivity index (χ1v) is 6.18. The Kier molecular flexibility index (Phi) is 4.72. The van der Waals surface area contributed by atoms with Gasteiger partial charge in [-0.05, 0) is 32.9 Å². The number of halogens is 1. The molecule has 0 saturated carbocycles. The summed E-state index contributed by atoms with van der Waals surface area (Å²) in [6, 6.07) is 2.98. The molecule has 19 heavy (non-hydrogen) atoms. The number of amides is 2. The number of nitrogens with zero attached hydrogens (tertiary/aromatic N) is 1. The quantitative estimate of drug-likeness (QED) is 0.707. The van der Waals surface area contributed by atoms with Gasteiger partial charge in [0, 0.05) is 12.1 Å². The number of carbonyl (C=O) groups excluding carboxylic acids is 2. The first-order valence-electron chi connectivity index (χ1n) is 5.80. The van der Waals surface area contributed by atoms with Gasteiger partial charge in [0.15, 0.2) is 0 Å². The van der Waals surface area contributed by atoms with E-state index in [1.807, 2.05) is 6.92 Å². The summed E-state index contributed by atoms with van der Waals surface area (Å²) in [6.07, 6.45) is 0. The van der Waals surface area contributed by atoms with Crippen LogP contribution in [0.25, 0.3) is 0 Å². The number of nitrogens with one attached hydrogen (secondary N) is 2. The highest BCUT2D eigenvalue weighted by molar-refractivity contribution is 6.30. The van der Waals surface area contributed by atoms with Crippen molar-refractivity contribution in [2.45, 2.75) is 26.3 Å². The number of carbonyl (C=O) groups is 2. The molecule has 2 amide bonds. The zero-order chi connectivity index (χ0) is 14.6. The second-order valence-corrected chi connectivity index (χ2v) is 4.92. The molecule has 0 saturated heterocycles. The minimum Gasteiger partial charge on any atom is -0.370 e. The van der Waals surface area contributed by atoms with Crippen LogP contribution in [-0.2, 0) is 4.79 Å². The minimum absolute atomic E-state index is 0.195. The first-order chi connectivity index (χ1) is 8.76. The summed E-state index contributed by atoms with van der Waals surface area (Å²) in [5.74, 6) is -0.558. The normalized spacial score (nSPS) is 10.9. The van der Waals surface area contributed by atoms with E-state index in [0.29, 0.717) is 17.9 Å². The van der Waals surface area contributed by atoms with Crippen molar-refractivity contribution in [3.05, 3.63) is 22.8 Å². The summed E-state index contributed by atoms with van der Waals surface area (Å²) in [5, 5.41) is 5.70. The van der Waals surface area contributed by atoms with Crippen LogP contribution in [0.2, 0.25) is 5.15 Å². The fourth-order valence-corrected chi connectivity index (χ4v) is 1.53. The molecule has 0 bridgehead atoms. The predicted molar refractivity (Wildman–Crippen MR) is 74.2 cm³/mol. The number of primary amides is 1. The van der Waals surface area contributed by atoms with E-state index in [1.54, 1.807) is 6.07 Å². The smallest absolute Gasteiger partial charge is 0.252 e. The molecule has 1 rings (SSSR count). The number of hydrogen-bond acceptors (Lipinski definition) is 4. The van der Waals surface area contributed by atoms with Gasteiger partial charge in [-0.25, -0.2) is 4.98 Å². The Hall–Kier alpha value is -1.82. The van der Waals surface area contributed by atoms with E-state index in [-0.39, 0.29) is 5.15 Å². The third-order valence-corrected chi connectivity index (χ3v) is 2.65. The Balaban J connectivity index is 2.97. The number of rotatable bonds is 5. The second-order valence-electron chi connectivity index (χ2n) is 4.54. The average Bonchev–Trinajstić information content (AvgIpc) is 2.27. The Bertz CT molecular complexity index is 503. The van der Waals surface area contributed by atoms with Gasteiger partial charge in [-0.3, -0.25) is 9.59 Å². The second kappa shape index (κ2) is 5.88. The van der Waals surface area contributed by atoms with Crippen LogP contribution in [0.4, 0.5) is 5.82 Å². The molecule has 0 aliphatic rings. The van der Waals surface area contributed by atoms with Crippen molar-refractivity contribution in [2.24, 2.45) is 5.73 Å². The standard InChI is InChI=1S/C12H17ClN4O2/c1-4-15-9-6-7(5-8(13)16-9)10(18)17-12(2,3)11(14)19/h5-6H,4H2,1-3H3,(H2,14,19)(H,15,16)(H,17,18). The highest BCUT2D eigenvalue weighted by Crippen LogP contribution is 2.15. The number of nitrogens with two attached hydrogens (primary N) is 1. The van der Waals surface area contributed by atoms with Crippen molar-refractivity contribution in [1.82, 2.24) is 10.3 Å². The SMILES string of the molecule is CCNc1cc(C(=O)NC(C)(C)C(N)=O)cc(Cl)n1. The minimum atomic E-state index is -1.13. The molecule has 4 N–H and O–H groups in total. The van der Waals surface area contributed by atoms with Crippen molar-refractivity contribution in [3.8, 4) is 0 Å². The van der Waals surface area contributed by atoms with Crippen LogP contribution in [0.15, 0.2) is 12.1 Å². The number of hydrogen-bond donors (Lipinski definition) is 3. The van der Waals surface area contributed by atoms with Gasteiger partial charge in [0.2, 0.25) is 5.91 Å². The van der Waals surface area contributed by atoms with E-state index in [4.69, 9.17) is 17.3 Å². The first kappa shape index (κ1) is 15.2. The maximum absolute atomic E-state index is 12.0. The molecule has 7 heteroatoms. The largest absolute Gasteiger partial charge is 0.370 e. The molecule has 104 valence electrons. The molecular weight excluding hydrogens is 268 g/mol. The highest BCUT2D eigenvalue weighted by atomic mass is 35.5. The zero-order valence-electron chi connectivity index (χ0n) is 11.1. The van der Waals surface area contributed by atoms with Crippen molar-refractivity contribution in [1.29, 1.82) is 0 Å². The fourth-order valence-electron chi connectivity index (χ4n) is 1.32. The van der Waals surface area contributed by atoms with Gasteiger partial charge in [-0.1, -0.05) is 11.6 Å². The van der Waals surface area contributed by atoms with Crippen LogP contribution in [0.5, 0.6) is 0 Å². The fraction of sp³-hybridized carbons (Fsp3) is 0.417. The van der Waals surface area contributed by atoms with Crippen molar-refractivity contribution >= 4 is 29.2 Å². The highest BCUT2D eigenvalue weighted by Gasteiger charge is 2.27. The van der Waals surface area contributed by atoms with Gasteiger partial charge >= 0.3 is 0 Å². The summed E-state index contributed by atoms with van der Waals surface area (Å²) < 4.78 is 0. The number of pyridine rings is 1. The Morgan fingerprint density at radius 1 is 1.42 bits per heavy atom. The van der Waals surface area contributed by atoms with Gasteiger partial charge < -0.3 is 16.4 Å². The van der Waals surface area contributed by atoms with Crippen LogP contribution in [0, 0.1) is 0 Å². The molecule has 6 nitrogen and oxygen atoms in total. The molecule has 0 spiro atoms. The van der Waals surface area contributed by atoms with E-state index < -0.39 is 17.4 Å². The maximum Gasteiger partial charge on any atom is 0.252 e. The van der Waals surface area contributed by atoms with E-state index in [0.717, 1.165) is 0 Å². The maximum atomic E-state index is 12.0. The van der Waals surface area contributed by atoms with Gasteiger partial charge in [0.05, 0.1) is 0 Å². The summed E-state index contributed by atoms with van der Waals surface area (Å²) in [6.45, 7) is 5.61. The van der Waals surface area contributed by atoms with Gasteiger partial charge in [-0.15, -0.1) is 0 Å². The molecule has 1 aromatic heterocycles. The molecular formula is C12H17ClN4O2. The molecule has 0 radical (unpaired) electrons. The van der Waals surface area contributed by atoms with Crippen LogP contribution in [0.3, 0.4) is 0 Å². The Labute approximate surface area is 116 Å². The summed E-state index contributed by atoms with van der Waals surface area (Å²) in [7, 11) is 0. The van der Waals surface area contributed by atoms with Crippen LogP contribution >= 0.6 is 11.6 Å². The Morgan fingerprint density at radius 3 is 2.58 bits per heavy atom. The van der Waals surface area contributed by atoms with E-state index in [9.17, 15) is 9.59 Å². The number of anilines is 1. The van der Waals surface area contributed by atoms with Crippen molar-refractivity contribution < 1.29 is 9.59 Å². The molecule has 1 aromatic rings. The van der Waals surface area contributed by atoms with E-state index in [2.05, 4.69) is 15.6 Å². The predicted octanol–water partition coefficient (Wildman–Crippen LogP) is 1.16. The van der Waals surface area contributed by atoms with Crippen molar-refractivity contribution in [2.75, 3.05) is 11.9 Å². The third kappa shape index (κ3) is 4.10. The molecule has 0 unspecified atom stereocenters. The third-order valence-electron chi connectivity index (χ3n) is 2.46. The average molecular weight is 285 g/mol. The van der Waals surface area contributed by atoms with Crippen LogP contribution in [-0.4, -0.2) is 28.9 Å². The monoisotopic (exact) mass is 284 g/mol. The van der Waals surface area contributed by atoms with Crippen LogP contribution < -0.4 is 16.4 Å². The summed E-state index contributed by atoms with van der Waals surface area (Å²) in [5.41, 5.74) is 4.38. The molecule has 0 aliphatic carbocycles.